The van der Waals surface area contributed by atoms with Crippen molar-refractivity contribution in [3.63, 3.8) is 0 Å². The van der Waals surface area contributed by atoms with Crippen molar-refractivity contribution in [2.75, 3.05) is 27.3 Å². The fraction of sp³-hybridized carbons (Fsp3) is 0.600. The van der Waals surface area contributed by atoms with Crippen molar-refractivity contribution < 1.29 is 14.3 Å². The number of piperidine rings is 1. The number of carbonyl (C=O) groups is 1. The standard InChI is InChI=1S/C20H27N3O3.ClH/c1-25-16-6-5-14(13-17(16)26-2)18-20(9-3-4-10-20)19(24)23(22-18)15-7-11-21-12-8-15;/h5-6,13,15,21H,3-4,7-12H2,1-2H3;1H. The molecule has 1 amide bonds. The molecule has 7 heteroatoms. The number of hydrazone groups is 1. The van der Waals surface area contributed by atoms with Crippen LogP contribution in [-0.2, 0) is 4.79 Å². The summed E-state index contributed by atoms with van der Waals surface area (Å²) in [5, 5.41) is 10.1. The van der Waals surface area contributed by atoms with Crippen LogP contribution in [0.25, 0.3) is 0 Å². The maximum atomic E-state index is 13.4. The molecule has 0 radical (unpaired) electrons. The predicted octanol–water partition coefficient (Wildman–Crippen LogP) is 2.98. The molecule has 1 N–H and O–H groups in total. The summed E-state index contributed by atoms with van der Waals surface area (Å²) < 4.78 is 10.8. The Morgan fingerprint density at radius 2 is 1.78 bits per heavy atom. The highest BCUT2D eigenvalue weighted by atomic mass is 35.5. The first-order valence-corrected chi connectivity index (χ1v) is 9.55. The fourth-order valence-electron chi connectivity index (χ4n) is 4.61. The van der Waals surface area contributed by atoms with Gasteiger partial charge < -0.3 is 14.8 Å². The van der Waals surface area contributed by atoms with Gasteiger partial charge in [-0.25, -0.2) is 5.01 Å². The Morgan fingerprint density at radius 1 is 1.11 bits per heavy atom. The van der Waals surface area contributed by atoms with Gasteiger partial charge in [0.1, 0.15) is 0 Å². The maximum absolute atomic E-state index is 13.4. The molecule has 4 rings (SSSR count). The van der Waals surface area contributed by atoms with E-state index in [1.807, 2.05) is 18.2 Å². The Balaban J connectivity index is 0.00000210. The minimum atomic E-state index is -0.454. The van der Waals surface area contributed by atoms with Gasteiger partial charge in [0.25, 0.3) is 5.91 Å². The molecule has 1 saturated carbocycles. The normalized spacial score (nSPS) is 21.9. The average Bonchev–Trinajstić information content (AvgIpc) is 3.29. The van der Waals surface area contributed by atoms with Crippen molar-refractivity contribution in [2.24, 2.45) is 10.5 Å². The highest BCUT2D eigenvalue weighted by Crippen LogP contribution is 2.48. The van der Waals surface area contributed by atoms with Gasteiger partial charge >= 0.3 is 0 Å². The van der Waals surface area contributed by atoms with E-state index >= 15 is 0 Å². The van der Waals surface area contributed by atoms with E-state index in [-0.39, 0.29) is 24.4 Å². The number of carbonyl (C=O) groups excluding carboxylic acids is 1. The Labute approximate surface area is 166 Å². The topological polar surface area (TPSA) is 63.2 Å². The van der Waals surface area contributed by atoms with Crippen molar-refractivity contribution in [1.29, 1.82) is 0 Å². The second-order valence-electron chi connectivity index (χ2n) is 7.44. The molecule has 0 atom stereocenters. The Bertz CT molecular complexity index is 725. The zero-order valence-electron chi connectivity index (χ0n) is 16.0. The number of nitrogens with one attached hydrogen (secondary N) is 1. The lowest BCUT2D eigenvalue weighted by Gasteiger charge is -2.31. The summed E-state index contributed by atoms with van der Waals surface area (Å²) >= 11 is 0. The third-order valence-electron chi connectivity index (χ3n) is 6.05. The van der Waals surface area contributed by atoms with Crippen molar-refractivity contribution in [2.45, 2.75) is 44.6 Å². The highest BCUT2D eigenvalue weighted by Gasteiger charge is 2.54. The van der Waals surface area contributed by atoms with E-state index in [0.29, 0.717) is 11.5 Å². The Kier molecular flexibility index (Phi) is 5.96. The number of rotatable bonds is 4. The van der Waals surface area contributed by atoms with Gasteiger partial charge in [-0.05, 0) is 57.0 Å². The zero-order valence-corrected chi connectivity index (χ0v) is 16.8. The Morgan fingerprint density at radius 3 is 2.41 bits per heavy atom. The molecular weight excluding hydrogens is 366 g/mol. The monoisotopic (exact) mass is 393 g/mol. The first-order chi connectivity index (χ1) is 12.7. The van der Waals surface area contributed by atoms with E-state index in [1.54, 1.807) is 19.2 Å². The second-order valence-corrected chi connectivity index (χ2v) is 7.44. The van der Waals surface area contributed by atoms with Crippen LogP contribution >= 0.6 is 12.4 Å². The van der Waals surface area contributed by atoms with Gasteiger partial charge in [-0.2, -0.15) is 5.10 Å². The molecule has 1 aromatic carbocycles. The molecule has 27 heavy (non-hydrogen) atoms. The summed E-state index contributed by atoms with van der Waals surface area (Å²) in [7, 11) is 3.27. The van der Waals surface area contributed by atoms with E-state index in [1.165, 1.54) is 0 Å². The number of hydrogen-bond acceptors (Lipinski definition) is 5. The molecule has 1 aliphatic carbocycles. The number of amides is 1. The molecule has 2 heterocycles. The van der Waals surface area contributed by atoms with E-state index in [9.17, 15) is 4.79 Å². The number of halogens is 1. The van der Waals surface area contributed by atoms with Gasteiger partial charge in [-0.1, -0.05) is 12.8 Å². The number of benzene rings is 1. The molecule has 6 nitrogen and oxygen atoms in total. The molecule has 1 spiro atoms. The molecule has 0 bridgehead atoms. The molecule has 3 aliphatic rings. The lowest BCUT2D eigenvalue weighted by Crippen LogP contribution is -2.45. The quantitative estimate of drug-likeness (QED) is 0.854. The highest BCUT2D eigenvalue weighted by molar-refractivity contribution is 6.20. The minimum absolute atomic E-state index is 0. The lowest BCUT2D eigenvalue weighted by molar-refractivity contribution is -0.138. The third-order valence-corrected chi connectivity index (χ3v) is 6.05. The van der Waals surface area contributed by atoms with Crippen LogP contribution < -0.4 is 14.8 Å². The van der Waals surface area contributed by atoms with Crippen molar-refractivity contribution in [1.82, 2.24) is 10.3 Å². The molecule has 2 aliphatic heterocycles. The molecule has 0 aromatic heterocycles. The van der Waals surface area contributed by atoms with Gasteiger partial charge in [-0.15, -0.1) is 12.4 Å². The molecule has 0 unspecified atom stereocenters. The van der Waals surface area contributed by atoms with Gasteiger partial charge in [0, 0.05) is 5.56 Å². The van der Waals surface area contributed by atoms with Crippen LogP contribution in [0.1, 0.15) is 44.1 Å². The lowest BCUT2D eigenvalue weighted by atomic mass is 9.77. The average molecular weight is 394 g/mol. The van der Waals surface area contributed by atoms with Crippen LogP contribution in [0.4, 0.5) is 0 Å². The van der Waals surface area contributed by atoms with E-state index in [4.69, 9.17) is 14.6 Å². The molecular formula is C20H28ClN3O3. The van der Waals surface area contributed by atoms with E-state index < -0.39 is 5.41 Å². The van der Waals surface area contributed by atoms with Gasteiger partial charge in [0.2, 0.25) is 0 Å². The van der Waals surface area contributed by atoms with Crippen LogP contribution in [0.5, 0.6) is 11.5 Å². The molecule has 148 valence electrons. The molecule has 1 saturated heterocycles. The van der Waals surface area contributed by atoms with Crippen LogP contribution in [-0.4, -0.2) is 50.0 Å². The first-order valence-electron chi connectivity index (χ1n) is 9.55. The Hall–Kier alpha value is -1.79. The smallest absolute Gasteiger partial charge is 0.255 e. The summed E-state index contributed by atoms with van der Waals surface area (Å²) in [5.74, 6) is 1.57. The zero-order chi connectivity index (χ0) is 18.1. The molecule has 2 fully saturated rings. The number of hydrogen-bond donors (Lipinski definition) is 1. The SMILES string of the molecule is COc1ccc(C2=NN(C3CCNCC3)C(=O)C23CCCC3)cc1OC.Cl. The van der Waals surface area contributed by atoms with E-state index in [2.05, 4.69) is 5.32 Å². The van der Waals surface area contributed by atoms with Crippen LogP contribution in [0, 0.1) is 5.41 Å². The summed E-state index contributed by atoms with van der Waals surface area (Å²) in [5.41, 5.74) is 1.43. The maximum Gasteiger partial charge on any atom is 0.255 e. The van der Waals surface area contributed by atoms with E-state index in [0.717, 1.165) is 62.9 Å². The predicted molar refractivity (Wildman–Crippen MR) is 107 cm³/mol. The number of nitrogens with zero attached hydrogens (tertiary/aromatic N) is 2. The molecule has 1 aromatic rings. The summed E-state index contributed by atoms with van der Waals surface area (Å²) in [4.78, 5) is 13.4. The van der Waals surface area contributed by atoms with Crippen LogP contribution in [0.15, 0.2) is 23.3 Å². The second kappa shape index (κ2) is 8.07. The van der Waals surface area contributed by atoms with Gasteiger partial charge in [0.05, 0.1) is 31.4 Å². The fourth-order valence-corrected chi connectivity index (χ4v) is 4.61. The summed E-state index contributed by atoms with van der Waals surface area (Å²) in [6.45, 7) is 1.89. The first kappa shape index (κ1) is 20.0. The van der Waals surface area contributed by atoms with Crippen LogP contribution in [0.2, 0.25) is 0 Å². The number of ether oxygens (including phenoxy) is 2. The summed E-state index contributed by atoms with van der Waals surface area (Å²) in [6, 6.07) is 6.06. The van der Waals surface area contributed by atoms with Gasteiger partial charge in [0.15, 0.2) is 11.5 Å². The third kappa shape index (κ3) is 3.29. The number of methoxy groups -OCH3 is 2. The van der Waals surface area contributed by atoms with Gasteiger partial charge in [-0.3, -0.25) is 4.79 Å². The van der Waals surface area contributed by atoms with Crippen molar-refractivity contribution in [3.05, 3.63) is 23.8 Å². The van der Waals surface area contributed by atoms with Crippen molar-refractivity contribution in [3.8, 4) is 11.5 Å². The van der Waals surface area contributed by atoms with Crippen molar-refractivity contribution >= 4 is 24.0 Å². The van der Waals surface area contributed by atoms with Crippen LogP contribution in [0.3, 0.4) is 0 Å². The minimum Gasteiger partial charge on any atom is -0.493 e. The summed E-state index contributed by atoms with van der Waals surface area (Å²) in [6.07, 6.45) is 5.87. The largest absolute Gasteiger partial charge is 0.493 e.